The lowest BCUT2D eigenvalue weighted by Gasteiger charge is -2.30. The van der Waals surface area contributed by atoms with Gasteiger partial charge in [-0.15, -0.1) is 5.10 Å². The summed E-state index contributed by atoms with van der Waals surface area (Å²) in [7, 11) is 0. The molecule has 5 heteroatoms. The Kier molecular flexibility index (Phi) is 3.70. The van der Waals surface area contributed by atoms with Crippen LogP contribution < -0.4 is 10.5 Å². The highest BCUT2D eigenvalue weighted by Crippen LogP contribution is 2.46. The second-order valence-corrected chi connectivity index (χ2v) is 5.66. The van der Waals surface area contributed by atoms with E-state index in [1.807, 2.05) is 0 Å². The number of nitrogens with two attached hydrogens (primary N) is 1. The molecule has 2 atom stereocenters. The number of rotatable bonds is 3. The van der Waals surface area contributed by atoms with Crippen molar-refractivity contribution in [2.24, 2.45) is 11.7 Å². The molecule has 0 saturated carbocycles. The number of nitrogens with one attached hydrogen (secondary N) is 1. The van der Waals surface area contributed by atoms with E-state index >= 15 is 0 Å². The highest BCUT2D eigenvalue weighted by molar-refractivity contribution is 5.50. The Morgan fingerprint density at radius 3 is 3.10 bits per heavy atom. The van der Waals surface area contributed by atoms with Gasteiger partial charge in [-0.2, -0.15) is 5.26 Å². The normalized spacial score (nSPS) is 24.4. The number of fused-ring (bicyclic) bond motifs is 1. The third-order valence-electron chi connectivity index (χ3n) is 4.28. The number of aromatic amines is 1. The molecule has 0 saturated heterocycles. The van der Waals surface area contributed by atoms with Gasteiger partial charge in [0.25, 0.3) is 0 Å². The van der Waals surface area contributed by atoms with Crippen molar-refractivity contribution in [3.63, 3.8) is 0 Å². The molecule has 0 amide bonds. The van der Waals surface area contributed by atoms with Gasteiger partial charge in [-0.1, -0.05) is 25.5 Å². The molecule has 0 fully saturated rings. The molecule has 2 heterocycles. The second kappa shape index (κ2) is 5.65. The lowest BCUT2D eigenvalue weighted by molar-refractivity contribution is 0.354. The van der Waals surface area contributed by atoms with Crippen LogP contribution in [0, 0.1) is 17.2 Å². The predicted octanol–water partition coefficient (Wildman–Crippen LogP) is 2.89. The van der Waals surface area contributed by atoms with Crippen LogP contribution >= 0.6 is 0 Å². The number of aromatic nitrogens is 2. The molecule has 1 aliphatic heterocycles. The number of ether oxygens (including phenoxy) is 1. The molecule has 21 heavy (non-hydrogen) atoms. The van der Waals surface area contributed by atoms with Crippen molar-refractivity contribution in [1.29, 1.82) is 5.26 Å². The first-order valence-electron chi connectivity index (χ1n) is 7.57. The van der Waals surface area contributed by atoms with Crippen LogP contribution in [-0.2, 0) is 6.42 Å². The maximum atomic E-state index is 9.52. The van der Waals surface area contributed by atoms with E-state index in [1.165, 1.54) is 0 Å². The van der Waals surface area contributed by atoms with E-state index in [9.17, 15) is 5.26 Å². The van der Waals surface area contributed by atoms with Crippen molar-refractivity contribution in [3.8, 4) is 11.9 Å². The van der Waals surface area contributed by atoms with Crippen LogP contribution in [0.25, 0.3) is 0 Å². The number of aryl methyl sites for hydroxylation is 1. The van der Waals surface area contributed by atoms with Crippen LogP contribution in [0.15, 0.2) is 23.6 Å². The van der Waals surface area contributed by atoms with Gasteiger partial charge in [-0.3, -0.25) is 5.10 Å². The van der Waals surface area contributed by atoms with Gasteiger partial charge in [0.05, 0.1) is 5.57 Å². The maximum absolute atomic E-state index is 9.52. The first-order chi connectivity index (χ1) is 10.3. The van der Waals surface area contributed by atoms with E-state index in [2.05, 4.69) is 35.3 Å². The van der Waals surface area contributed by atoms with Crippen LogP contribution in [0.1, 0.15) is 49.8 Å². The first kappa shape index (κ1) is 13.7. The van der Waals surface area contributed by atoms with Gasteiger partial charge in [0, 0.05) is 17.2 Å². The summed E-state index contributed by atoms with van der Waals surface area (Å²) in [4.78, 5) is 0. The summed E-state index contributed by atoms with van der Waals surface area (Å²) < 4.78 is 5.55. The molecule has 5 nitrogen and oxygen atoms in total. The lowest BCUT2D eigenvalue weighted by atomic mass is 9.75. The van der Waals surface area contributed by atoms with Crippen molar-refractivity contribution in [2.45, 2.75) is 44.9 Å². The molecule has 0 bridgehead atoms. The standard InChI is InChI=1S/C16H20N4O/c1-2-6-12-14-13(10-7-4-3-5-8-10)11(9-17)15(18)21-16(14)20-19-12/h4,7,10,13H,2-3,5-6,8,18H2,1H3,(H,19,20). The number of nitriles is 1. The van der Waals surface area contributed by atoms with E-state index in [0.29, 0.717) is 17.4 Å². The van der Waals surface area contributed by atoms with Crippen molar-refractivity contribution in [3.05, 3.63) is 34.9 Å². The SMILES string of the molecule is CCCc1[nH]nc2c1C(C1C=CCCC1)C(C#N)=C(N)O2. The molecule has 0 radical (unpaired) electrons. The van der Waals surface area contributed by atoms with Crippen LogP contribution in [0.4, 0.5) is 0 Å². The third kappa shape index (κ3) is 2.31. The minimum Gasteiger partial charge on any atom is -0.420 e. The molecule has 0 aromatic carbocycles. The average molecular weight is 284 g/mol. The lowest BCUT2D eigenvalue weighted by Crippen LogP contribution is -2.25. The van der Waals surface area contributed by atoms with E-state index < -0.39 is 0 Å². The topological polar surface area (TPSA) is 87.7 Å². The fourth-order valence-electron chi connectivity index (χ4n) is 3.33. The molecule has 1 aromatic heterocycles. The summed E-state index contributed by atoms with van der Waals surface area (Å²) >= 11 is 0. The Bertz CT molecular complexity index is 635. The van der Waals surface area contributed by atoms with E-state index in [-0.39, 0.29) is 11.8 Å². The molecule has 110 valence electrons. The van der Waals surface area contributed by atoms with Gasteiger partial charge in [0.2, 0.25) is 11.8 Å². The molecule has 1 aliphatic carbocycles. The zero-order chi connectivity index (χ0) is 14.8. The Morgan fingerprint density at radius 1 is 1.57 bits per heavy atom. The van der Waals surface area contributed by atoms with Gasteiger partial charge >= 0.3 is 0 Å². The molecule has 3 rings (SSSR count). The van der Waals surface area contributed by atoms with Gasteiger partial charge in [0.1, 0.15) is 6.07 Å². The zero-order valence-corrected chi connectivity index (χ0v) is 12.2. The smallest absolute Gasteiger partial charge is 0.243 e. The zero-order valence-electron chi connectivity index (χ0n) is 12.2. The van der Waals surface area contributed by atoms with Crippen LogP contribution in [0.5, 0.6) is 5.88 Å². The Morgan fingerprint density at radius 2 is 2.43 bits per heavy atom. The summed E-state index contributed by atoms with van der Waals surface area (Å²) in [5.41, 5.74) is 8.57. The van der Waals surface area contributed by atoms with Gasteiger partial charge in [-0.25, -0.2) is 0 Å². The van der Waals surface area contributed by atoms with Crippen LogP contribution in [-0.4, -0.2) is 10.2 Å². The van der Waals surface area contributed by atoms with E-state index in [0.717, 1.165) is 43.4 Å². The van der Waals surface area contributed by atoms with Gasteiger partial charge in [0.15, 0.2) is 0 Å². The fourth-order valence-corrected chi connectivity index (χ4v) is 3.33. The Balaban J connectivity index is 2.09. The second-order valence-electron chi connectivity index (χ2n) is 5.66. The largest absolute Gasteiger partial charge is 0.420 e. The van der Waals surface area contributed by atoms with Crippen molar-refractivity contribution in [1.82, 2.24) is 10.2 Å². The first-order valence-corrected chi connectivity index (χ1v) is 7.57. The van der Waals surface area contributed by atoms with E-state index in [4.69, 9.17) is 10.5 Å². The van der Waals surface area contributed by atoms with Crippen molar-refractivity contribution >= 4 is 0 Å². The van der Waals surface area contributed by atoms with Crippen molar-refractivity contribution < 1.29 is 4.74 Å². The number of hydrogen-bond donors (Lipinski definition) is 2. The highest BCUT2D eigenvalue weighted by atomic mass is 16.5. The van der Waals surface area contributed by atoms with Crippen molar-refractivity contribution in [2.75, 3.05) is 0 Å². The fraction of sp³-hybridized carbons (Fsp3) is 0.500. The average Bonchev–Trinajstić information content (AvgIpc) is 2.89. The molecule has 3 N–H and O–H groups in total. The number of H-pyrrole nitrogens is 1. The van der Waals surface area contributed by atoms with E-state index in [1.54, 1.807) is 0 Å². The summed E-state index contributed by atoms with van der Waals surface area (Å²) in [6.45, 7) is 2.13. The molecule has 1 aromatic rings. The minimum atomic E-state index is -0.0319. The molecule has 2 aliphatic rings. The molecular weight excluding hydrogens is 264 g/mol. The summed E-state index contributed by atoms with van der Waals surface area (Å²) in [6.07, 6.45) is 9.66. The Labute approximate surface area is 124 Å². The summed E-state index contributed by atoms with van der Waals surface area (Å²) in [5.74, 6) is 1.00. The van der Waals surface area contributed by atoms with Gasteiger partial charge in [-0.05, 0) is 31.6 Å². The minimum absolute atomic E-state index is 0.0319. The highest BCUT2D eigenvalue weighted by Gasteiger charge is 2.37. The summed E-state index contributed by atoms with van der Waals surface area (Å²) in [6, 6.07) is 2.26. The number of nitrogens with zero attached hydrogens (tertiary/aromatic N) is 2. The van der Waals surface area contributed by atoms with Gasteiger partial charge < -0.3 is 10.5 Å². The Hall–Kier alpha value is -2.22. The predicted molar refractivity (Wildman–Crippen MR) is 79.3 cm³/mol. The molecule has 2 unspecified atom stereocenters. The van der Waals surface area contributed by atoms with Crippen LogP contribution in [0.2, 0.25) is 0 Å². The number of hydrogen-bond acceptors (Lipinski definition) is 4. The third-order valence-corrected chi connectivity index (χ3v) is 4.28. The van der Waals surface area contributed by atoms with Crippen LogP contribution in [0.3, 0.4) is 0 Å². The quantitative estimate of drug-likeness (QED) is 0.835. The molecular formula is C16H20N4O. The monoisotopic (exact) mass is 284 g/mol. The maximum Gasteiger partial charge on any atom is 0.243 e. The number of allylic oxidation sites excluding steroid dienone is 3. The molecule has 0 spiro atoms. The summed E-state index contributed by atoms with van der Waals surface area (Å²) in [5, 5.41) is 16.8.